The van der Waals surface area contributed by atoms with Crippen LogP contribution < -0.4 is 5.32 Å². The number of nitrogens with one attached hydrogen (secondary N) is 1. The van der Waals surface area contributed by atoms with E-state index in [4.69, 9.17) is 16.6 Å². The van der Waals surface area contributed by atoms with E-state index in [0.29, 0.717) is 23.0 Å². The zero-order valence-electron chi connectivity index (χ0n) is 18.5. The summed E-state index contributed by atoms with van der Waals surface area (Å²) in [6.45, 7) is 2.51. The number of para-hydroxylation sites is 2. The minimum absolute atomic E-state index is 0.0421. The highest BCUT2D eigenvalue weighted by molar-refractivity contribution is 6.30. The maximum atomic E-state index is 13.1. The molecule has 1 N–H and O–H groups in total. The van der Waals surface area contributed by atoms with Gasteiger partial charge in [0, 0.05) is 24.2 Å². The molecule has 3 aromatic carbocycles. The second kappa shape index (κ2) is 9.88. The van der Waals surface area contributed by atoms with Crippen LogP contribution >= 0.6 is 11.6 Å². The van der Waals surface area contributed by atoms with E-state index < -0.39 is 6.04 Å². The van der Waals surface area contributed by atoms with Gasteiger partial charge in [0.15, 0.2) is 0 Å². The van der Waals surface area contributed by atoms with Crippen molar-refractivity contribution in [3.8, 4) is 0 Å². The maximum absolute atomic E-state index is 13.1. The maximum Gasteiger partial charge on any atom is 0.251 e. The van der Waals surface area contributed by atoms with Crippen molar-refractivity contribution in [2.45, 2.75) is 26.1 Å². The van der Waals surface area contributed by atoms with E-state index in [2.05, 4.69) is 5.32 Å². The zero-order chi connectivity index (χ0) is 23.4. The fraction of sp³-hybridized carbons (Fsp3) is 0.192. The predicted octanol–water partition coefficient (Wildman–Crippen LogP) is 4.84. The summed E-state index contributed by atoms with van der Waals surface area (Å²) in [6.07, 6.45) is 0. The molecule has 6 nitrogen and oxygen atoms in total. The molecule has 4 rings (SSSR count). The molecule has 33 heavy (non-hydrogen) atoms. The van der Waals surface area contributed by atoms with Gasteiger partial charge in [0.1, 0.15) is 12.4 Å². The van der Waals surface area contributed by atoms with Gasteiger partial charge >= 0.3 is 0 Å². The van der Waals surface area contributed by atoms with Crippen LogP contribution in [0, 0.1) is 0 Å². The lowest BCUT2D eigenvalue weighted by molar-refractivity contribution is -0.131. The molecule has 0 aliphatic rings. The molecule has 1 atom stereocenters. The molecule has 0 aliphatic heterocycles. The van der Waals surface area contributed by atoms with Gasteiger partial charge < -0.3 is 14.8 Å². The fourth-order valence-corrected chi connectivity index (χ4v) is 3.86. The minimum Gasteiger partial charge on any atom is -0.342 e. The quantitative estimate of drug-likeness (QED) is 0.429. The topological polar surface area (TPSA) is 67.2 Å². The second-order valence-electron chi connectivity index (χ2n) is 7.98. The molecule has 0 saturated carbocycles. The molecule has 0 bridgehead atoms. The molecular formula is C26H25ClN4O2. The van der Waals surface area contributed by atoms with Gasteiger partial charge in [0.25, 0.3) is 5.91 Å². The van der Waals surface area contributed by atoms with Crippen molar-refractivity contribution in [3.05, 3.63) is 101 Å². The fourth-order valence-electron chi connectivity index (χ4n) is 3.74. The molecule has 2 amide bonds. The average Bonchev–Trinajstić information content (AvgIpc) is 3.18. The Kier molecular flexibility index (Phi) is 6.75. The van der Waals surface area contributed by atoms with E-state index in [9.17, 15) is 9.59 Å². The van der Waals surface area contributed by atoms with Crippen molar-refractivity contribution in [2.75, 3.05) is 7.05 Å². The number of amides is 2. The number of halogens is 1. The van der Waals surface area contributed by atoms with Gasteiger partial charge in [-0.2, -0.15) is 0 Å². The Labute approximate surface area is 197 Å². The van der Waals surface area contributed by atoms with Crippen LogP contribution in [0.4, 0.5) is 0 Å². The Morgan fingerprint density at radius 1 is 1.00 bits per heavy atom. The Morgan fingerprint density at radius 2 is 1.67 bits per heavy atom. The number of carbonyl (C=O) groups excluding carboxylic acids is 2. The van der Waals surface area contributed by atoms with Crippen LogP contribution in [0.5, 0.6) is 0 Å². The van der Waals surface area contributed by atoms with Crippen LogP contribution in [-0.2, 0) is 17.9 Å². The Hall–Kier alpha value is -3.64. The molecule has 1 heterocycles. The van der Waals surface area contributed by atoms with E-state index in [0.717, 1.165) is 16.6 Å². The van der Waals surface area contributed by atoms with Gasteiger partial charge in [-0.1, -0.05) is 54.1 Å². The van der Waals surface area contributed by atoms with Gasteiger partial charge in [0.2, 0.25) is 5.91 Å². The van der Waals surface area contributed by atoms with Gasteiger partial charge in [-0.25, -0.2) is 4.98 Å². The molecule has 0 aliphatic carbocycles. The lowest BCUT2D eigenvalue weighted by atomic mass is 10.2. The first-order valence-electron chi connectivity index (χ1n) is 10.7. The number of likely N-dealkylation sites (N-methyl/N-ethyl adjacent to an activating group) is 1. The summed E-state index contributed by atoms with van der Waals surface area (Å²) in [6, 6.07) is 23.8. The van der Waals surface area contributed by atoms with E-state index in [-0.39, 0.29) is 18.4 Å². The molecule has 0 spiro atoms. The van der Waals surface area contributed by atoms with Crippen molar-refractivity contribution in [1.82, 2.24) is 19.8 Å². The molecule has 0 saturated heterocycles. The smallest absolute Gasteiger partial charge is 0.251 e. The van der Waals surface area contributed by atoms with Gasteiger partial charge in [0.05, 0.1) is 17.1 Å². The number of nitrogens with zero attached hydrogens (tertiary/aromatic N) is 3. The van der Waals surface area contributed by atoms with Gasteiger partial charge in [-0.15, -0.1) is 0 Å². The van der Waals surface area contributed by atoms with E-state index >= 15 is 0 Å². The normalized spacial score (nSPS) is 11.8. The number of imidazole rings is 1. The van der Waals surface area contributed by atoms with E-state index in [1.54, 1.807) is 36.2 Å². The number of aromatic nitrogens is 2. The number of hydrogen-bond acceptors (Lipinski definition) is 3. The molecule has 4 aromatic rings. The first-order chi connectivity index (χ1) is 15.9. The molecule has 1 aromatic heterocycles. The summed E-state index contributed by atoms with van der Waals surface area (Å²) in [5.74, 6) is 0.352. The molecule has 1 unspecified atom stereocenters. The third-order valence-corrected chi connectivity index (χ3v) is 5.76. The predicted molar refractivity (Wildman–Crippen MR) is 130 cm³/mol. The zero-order valence-corrected chi connectivity index (χ0v) is 19.3. The summed E-state index contributed by atoms with van der Waals surface area (Å²) in [5.41, 5.74) is 3.19. The van der Waals surface area contributed by atoms with Crippen LogP contribution in [0.3, 0.4) is 0 Å². The standard InChI is InChI=1S/C26H25ClN4O2/c1-18(28-26(33)20-12-14-21(27)15-13-20)25-29-22-10-6-7-11-23(22)31(25)17-24(32)30(2)16-19-8-4-3-5-9-19/h3-15,18H,16-17H2,1-2H3,(H,28,33). The van der Waals surface area contributed by atoms with Crippen molar-refractivity contribution in [2.24, 2.45) is 0 Å². The first-order valence-corrected chi connectivity index (χ1v) is 11.1. The van der Waals surface area contributed by atoms with Crippen molar-refractivity contribution < 1.29 is 9.59 Å². The summed E-state index contributed by atoms with van der Waals surface area (Å²) in [5, 5.41) is 3.55. The molecule has 168 valence electrons. The number of carbonyl (C=O) groups is 2. The monoisotopic (exact) mass is 460 g/mol. The lowest BCUT2D eigenvalue weighted by Gasteiger charge is -2.20. The number of hydrogen-bond donors (Lipinski definition) is 1. The largest absolute Gasteiger partial charge is 0.342 e. The second-order valence-corrected chi connectivity index (χ2v) is 8.42. The average molecular weight is 461 g/mol. The molecular weight excluding hydrogens is 436 g/mol. The first kappa shape index (κ1) is 22.6. The highest BCUT2D eigenvalue weighted by atomic mass is 35.5. The van der Waals surface area contributed by atoms with Crippen LogP contribution in [0.15, 0.2) is 78.9 Å². The van der Waals surface area contributed by atoms with Crippen LogP contribution in [-0.4, -0.2) is 33.3 Å². The molecule has 0 radical (unpaired) electrons. The van der Waals surface area contributed by atoms with Crippen molar-refractivity contribution in [1.29, 1.82) is 0 Å². The van der Waals surface area contributed by atoms with E-state index in [1.165, 1.54) is 0 Å². The minimum atomic E-state index is -0.409. The Balaban J connectivity index is 1.56. The van der Waals surface area contributed by atoms with Gasteiger partial charge in [-0.05, 0) is 48.9 Å². The summed E-state index contributed by atoms with van der Waals surface area (Å²) in [4.78, 5) is 32.2. The summed E-state index contributed by atoms with van der Waals surface area (Å²) >= 11 is 5.93. The number of benzene rings is 3. The summed E-state index contributed by atoms with van der Waals surface area (Å²) < 4.78 is 1.88. The van der Waals surface area contributed by atoms with Crippen LogP contribution in [0.25, 0.3) is 11.0 Å². The highest BCUT2D eigenvalue weighted by Gasteiger charge is 2.21. The van der Waals surface area contributed by atoms with Gasteiger partial charge in [-0.3, -0.25) is 9.59 Å². The van der Waals surface area contributed by atoms with Crippen LogP contribution in [0.1, 0.15) is 34.7 Å². The molecule has 7 heteroatoms. The summed E-state index contributed by atoms with van der Waals surface area (Å²) in [7, 11) is 1.79. The van der Waals surface area contributed by atoms with Crippen molar-refractivity contribution in [3.63, 3.8) is 0 Å². The highest BCUT2D eigenvalue weighted by Crippen LogP contribution is 2.22. The number of fused-ring (bicyclic) bond motifs is 1. The third-order valence-electron chi connectivity index (χ3n) is 5.51. The van der Waals surface area contributed by atoms with E-state index in [1.807, 2.05) is 66.1 Å². The lowest BCUT2D eigenvalue weighted by Crippen LogP contribution is -2.32. The Bertz CT molecular complexity index is 1270. The number of rotatable bonds is 7. The Morgan fingerprint density at radius 3 is 2.39 bits per heavy atom. The third kappa shape index (κ3) is 5.23. The SMILES string of the molecule is CC(NC(=O)c1ccc(Cl)cc1)c1nc2ccccc2n1CC(=O)N(C)Cc1ccccc1. The molecule has 0 fully saturated rings. The van der Waals surface area contributed by atoms with Crippen LogP contribution in [0.2, 0.25) is 5.02 Å². The van der Waals surface area contributed by atoms with Crippen molar-refractivity contribution >= 4 is 34.4 Å².